The van der Waals surface area contributed by atoms with E-state index < -0.39 is 0 Å². The molecule has 2 aliphatic rings. The zero-order chi connectivity index (χ0) is 12.3. The molecule has 1 aliphatic carbocycles. The average molecular weight is 240 g/mol. The van der Waals surface area contributed by atoms with Gasteiger partial charge in [-0.1, -0.05) is 13.8 Å². The molecule has 2 fully saturated rings. The van der Waals surface area contributed by atoms with Gasteiger partial charge in [0, 0.05) is 19.2 Å². The molecule has 0 radical (unpaired) electrons. The van der Waals surface area contributed by atoms with Crippen molar-refractivity contribution in [3.05, 3.63) is 0 Å². The molecular weight excluding hydrogens is 216 g/mol. The zero-order valence-corrected chi connectivity index (χ0v) is 10.9. The fourth-order valence-corrected chi connectivity index (χ4v) is 2.14. The third kappa shape index (κ3) is 3.87. The number of nitrogens with one attached hydrogen (secondary N) is 1. The van der Waals surface area contributed by atoms with Crippen LogP contribution in [-0.2, 0) is 4.74 Å². The lowest BCUT2D eigenvalue weighted by atomic mass is 10.1. The van der Waals surface area contributed by atoms with E-state index in [1.165, 1.54) is 12.8 Å². The summed E-state index contributed by atoms with van der Waals surface area (Å²) in [5.41, 5.74) is 0. The Morgan fingerprint density at radius 1 is 1.41 bits per heavy atom. The molecule has 98 valence electrons. The second kappa shape index (κ2) is 5.71. The fourth-order valence-electron chi connectivity index (χ4n) is 2.14. The van der Waals surface area contributed by atoms with Gasteiger partial charge in [0.1, 0.15) is 0 Å². The monoisotopic (exact) mass is 240 g/mol. The van der Waals surface area contributed by atoms with Crippen LogP contribution in [0.15, 0.2) is 0 Å². The second-order valence-corrected chi connectivity index (χ2v) is 5.62. The number of carbonyl (C=O) groups is 1. The van der Waals surface area contributed by atoms with Crippen LogP contribution in [0.3, 0.4) is 0 Å². The van der Waals surface area contributed by atoms with E-state index in [0.29, 0.717) is 18.6 Å². The van der Waals surface area contributed by atoms with Crippen molar-refractivity contribution in [3.8, 4) is 0 Å². The van der Waals surface area contributed by atoms with Crippen molar-refractivity contribution >= 4 is 6.03 Å². The summed E-state index contributed by atoms with van der Waals surface area (Å²) in [7, 11) is 0. The minimum Gasteiger partial charge on any atom is -0.379 e. The van der Waals surface area contributed by atoms with Gasteiger partial charge in [-0.3, -0.25) is 0 Å². The zero-order valence-electron chi connectivity index (χ0n) is 10.9. The minimum atomic E-state index is 0.114. The third-order valence-corrected chi connectivity index (χ3v) is 3.45. The van der Waals surface area contributed by atoms with Gasteiger partial charge in [-0.05, 0) is 31.6 Å². The van der Waals surface area contributed by atoms with Crippen LogP contribution >= 0.6 is 0 Å². The van der Waals surface area contributed by atoms with Crippen LogP contribution in [0.4, 0.5) is 4.79 Å². The van der Waals surface area contributed by atoms with E-state index in [9.17, 15) is 4.79 Å². The first kappa shape index (κ1) is 12.7. The van der Waals surface area contributed by atoms with Crippen LogP contribution in [0.25, 0.3) is 0 Å². The summed E-state index contributed by atoms with van der Waals surface area (Å²) in [4.78, 5) is 14.2. The van der Waals surface area contributed by atoms with Gasteiger partial charge < -0.3 is 15.0 Å². The van der Waals surface area contributed by atoms with E-state index in [2.05, 4.69) is 19.2 Å². The van der Waals surface area contributed by atoms with Crippen LogP contribution in [0.2, 0.25) is 0 Å². The number of nitrogens with zero attached hydrogens (tertiary/aromatic N) is 1. The largest absolute Gasteiger partial charge is 0.379 e. The maximum absolute atomic E-state index is 12.2. The topological polar surface area (TPSA) is 41.6 Å². The summed E-state index contributed by atoms with van der Waals surface area (Å²) in [6.07, 6.45) is 4.39. The summed E-state index contributed by atoms with van der Waals surface area (Å²) in [5, 5.41) is 3.09. The summed E-state index contributed by atoms with van der Waals surface area (Å²) < 4.78 is 5.28. The van der Waals surface area contributed by atoms with E-state index in [1.807, 2.05) is 4.90 Å². The Morgan fingerprint density at radius 3 is 2.71 bits per heavy atom. The molecule has 2 amide bonds. The lowest BCUT2D eigenvalue weighted by Gasteiger charge is -2.25. The lowest BCUT2D eigenvalue weighted by molar-refractivity contribution is 0.174. The molecule has 4 heteroatoms. The summed E-state index contributed by atoms with van der Waals surface area (Å²) in [6.45, 7) is 6.75. The predicted molar refractivity (Wildman–Crippen MR) is 66.9 cm³/mol. The number of hydrogen-bond acceptors (Lipinski definition) is 2. The number of urea groups is 1. The van der Waals surface area contributed by atoms with E-state index in [1.54, 1.807) is 0 Å². The molecule has 1 saturated carbocycles. The average Bonchev–Trinajstić information content (AvgIpc) is 2.97. The molecule has 1 N–H and O–H groups in total. The maximum Gasteiger partial charge on any atom is 0.317 e. The van der Waals surface area contributed by atoms with Crippen molar-refractivity contribution in [2.24, 2.45) is 5.92 Å². The van der Waals surface area contributed by atoms with Crippen molar-refractivity contribution in [1.82, 2.24) is 10.2 Å². The van der Waals surface area contributed by atoms with Gasteiger partial charge in [-0.2, -0.15) is 0 Å². The third-order valence-electron chi connectivity index (χ3n) is 3.45. The SMILES string of the molecule is CC(C)CCN(C(=O)NC1CCOC1)C1CC1. The summed E-state index contributed by atoms with van der Waals surface area (Å²) >= 11 is 0. The Hall–Kier alpha value is -0.770. The van der Waals surface area contributed by atoms with Gasteiger partial charge in [0.25, 0.3) is 0 Å². The Labute approximate surface area is 104 Å². The number of hydrogen-bond donors (Lipinski definition) is 1. The quantitative estimate of drug-likeness (QED) is 0.798. The smallest absolute Gasteiger partial charge is 0.317 e. The Morgan fingerprint density at radius 2 is 2.18 bits per heavy atom. The van der Waals surface area contributed by atoms with Gasteiger partial charge in [0.05, 0.1) is 12.6 Å². The molecule has 1 aliphatic heterocycles. The molecule has 1 heterocycles. The maximum atomic E-state index is 12.2. The Kier molecular flexibility index (Phi) is 4.26. The number of carbonyl (C=O) groups excluding carboxylic acids is 1. The van der Waals surface area contributed by atoms with Crippen molar-refractivity contribution in [3.63, 3.8) is 0 Å². The first-order valence-corrected chi connectivity index (χ1v) is 6.81. The standard InChI is InChI=1S/C13H24N2O2/c1-10(2)5-7-15(12-3-4-12)13(16)14-11-6-8-17-9-11/h10-12H,3-9H2,1-2H3,(H,14,16). The Balaban J connectivity index is 1.79. The normalized spacial score (nSPS) is 24.1. The summed E-state index contributed by atoms with van der Waals surface area (Å²) in [6, 6.07) is 0.836. The second-order valence-electron chi connectivity index (χ2n) is 5.62. The van der Waals surface area contributed by atoms with Crippen LogP contribution in [0.1, 0.15) is 39.5 Å². The molecule has 2 rings (SSSR count). The van der Waals surface area contributed by atoms with E-state index in [0.717, 1.165) is 26.0 Å². The van der Waals surface area contributed by atoms with Crippen molar-refractivity contribution in [2.75, 3.05) is 19.8 Å². The van der Waals surface area contributed by atoms with Crippen molar-refractivity contribution < 1.29 is 9.53 Å². The molecule has 1 atom stereocenters. The molecule has 0 spiro atoms. The highest BCUT2D eigenvalue weighted by atomic mass is 16.5. The van der Waals surface area contributed by atoms with Gasteiger partial charge in [0.2, 0.25) is 0 Å². The van der Waals surface area contributed by atoms with Gasteiger partial charge in [-0.15, -0.1) is 0 Å². The van der Waals surface area contributed by atoms with Crippen LogP contribution in [0.5, 0.6) is 0 Å². The first-order valence-electron chi connectivity index (χ1n) is 6.81. The van der Waals surface area contributed by atoms with Gasteiger partial charge in [-0.25, -0.2) is 4.79 Å². The van der Waals surface area contributed by atoms with Crippen LogP contribution in [0, 0.1) is 5.92 Å². The molecule has 1 saturated heterocycles. The molecule has 0 aromatic carbocycles. The van der Waals surface area contributed by atoms with Crippen molar-refractivity contribution in [2.45, 2.75) is 51.6 Å². The fraction of sp³-hybridized carbons (Fsp3) is 0.923. The minimum absolute atomic E-state index is 0.114. The van der Waals surface area contributed by atoms with Crippen LogP contribution in [-0.4, -0.2) is 42.8 Å². The number of amides is 2. The predicted octanol–water partition coefficient (Wildman–Crippen LogP) is 2.00. The van der Waals surface area contributed by atoms with E-state index >= 15 is 0 Å². The molecule has 1 unspecified atom stereocenters. The van der Waals surface area contributed by atoms with Crippen LogP contribution < -0.4 is 5.32 Å². The van der Waals surface area contributed by atoms with Gasteiger partial charge in [0.15, 0.2) is 0 Å². The van der Waals surface area contributed by atoms with E-state index in [-0.39, 0.29) is 12.1 Å². The molecular formula is C13H24N2O2. The van der Waals surface area contributed by atoms with Crippen molar-refractivity contribution in [1.29, 1.82) is 0 Å². The van der Waals surface area contributed by atoms with Gasteiger partial charge >= 0.3 is 6.03 Å². The number of rotatable bonds is 5. The lowest BCUT2D eigenvalue weighted by Crippen LogP contribution is -2.46. The Bertz CT molecular complexity index is 258. The number of ether oxygens (including phenoxy) is 1. The highest BCUT2D eigenvalue weighted by molar-refractivity contribution is 5.75. The molecule has 17 heavy (non-hydrogen) atoms. The van der Waals surface area contributed by atoms with E-state index in [4.69, 9.17) is 4.74 Å². The molecule has 0 bridgehead atoms. The molecule has 4 nitrogen and oxygen atoms in total. The molecule has 0 aromatic heterocycles. The summed E-state index contributed by atoms with van der Waals surface area (Å²) in [5.74, 6) is 0.652. The highest BCUT2D eigenvalue weighted by Crippen LogP contribution is 2.27. The highest BCUT2D eigenvalue weighted by Gasteiger charge is 2.33. The molecule has 0 aromatic rings. The first-order chi connectivity index (χ1) is 8.16.